The molecule has 3 rings (SSSR count). The maximum Gasteiger partial charge on any atom is 0.230 e. The molecule has 0 unspecified atom stereocenters. The molecule has 0 atom stereocenters. The average molecular weight is 291 g/mol. The fourth-order valence-corrected chi connectivity index (χ4v) is 3.44. The van der Waals surface area contributed by atoms with E-state index in [4.69, 9.17) is 21.9 Å². The van der Waals surface area contributed by atoms with Crippen molar-refractivity contribution in [1.82, 2.24) is 5.16 Å². The number of hydrogen-bond acceptors (Lipinski definition) is 3. The largest absolute Gasteiger partial charge is 0.367 e. The van der Waals surface area contributed by atoms with Gasteiger partial charge in [0.05, 0.1) is 11.3 Å². The van der Waals surface area contributed by atoms with Crippen molar-refractivity contribution in [2.45, 2.75) is 44.4 Å². The van der Waals surface area contributed by atoms with E-state index >= 15 is 0 Å². The van der Waals surface area contributed by atoms with Gasteiger partial charge < -0.3 is 10.3 Å². The number of nitrogens with zero attached hydrogens (tertiary/aromatic N) is 1. The molecule has 0 amide bonds. The van der Waals surface area contributed by atoms with Crippen molar-refractivity contribution >= 4 is 17.5 Å². The Balaban J connectivity index is 2.13. The highest BCUT2D eigenvalue weighted by Gasteiger charge is 2.36. The first-order chi connectivity index (χ1) is 9.62. The second-order valence-electron chi connectivity index (χ2n) is 5.87. The van der Waals surface area contributed by atoms with Gasteiger partial charge in [0, 0.05) is 16.0 Å². The van der Waals surface area contributed by atoms with E-state index in [0.29, 0.717) is 10.9 Å². The monoisotopic (exact) mass is 290 g/mol. The summed E-state index contributed by atoms with van der Waals surface area (Å²) in [6.45, 7) is 2.25. The Hall–Kier alpha value is -1.48. The van der Waals surface area contributed by atoms with Crippen molar-refractivity contribution in [1.29, 1.82) is 0 Å². The molecule has 1 aliphatic rings. The van der Waals surface area contributed by atoms with Crippen LogP contribution in [0.5, 0.6) is 0 Å². The molecule has 2 N–H and O–H groups in total. The predicted molar refractivity (Wildman–Crippen MR) is 81.8 cm³/mol. The zero-order chi connectivity index (χ0) is 14.2. The van der Waals surface area contributed by atoms with E-state index in [9.17, 15) is 0 Å². The molecule has 1 saturated carbocycles. The molecule has 106 valence electrons. The Bertz CT molecular complexity index is 615. The van der Waals surface area contributed by atoms with Crippen LogP contribution in [-0.2, 0) is 5.41 Å². The van der Waals surface area contributed by atoms with Crippen molar-refractivity contribution in [3.8, 4) is 11.1 Å². The molecule has 1 aromatic heterocycles. The topological polar surface area (TPSA) is 52.0 Å². The molecular weight excluding hydrogens is 272 g/mol. The van der Waals surface area contributed by atoms with Crippen LogP contribution < -0.4 is 5.73 Å². The van der Waals surface area contributed by atoms with E-state index in [1.165, 1.54) is 19.3 Å². The van der Waals surface area contributed by atoms with Crippen LogP contribution in [0.1, 0.15) is 44.7 Å². The van der Waals surface area contributed by atoms with Gasteiger partial charge in [-0.1, -0.05) is 61.1 Å². The molecule has 1 aliphatic carbocycles. The summed E-state index contributed by atoms with van der Waals surface area (Å²) in [6.07, 6.45) is 5.99. The van der Waals surface area contributed by atoms with Crippen LogP contribution >= 0.6 is 11.6 Å². The third kappa shape index (κ3) is 2.20. The van der Waals surface area contributed by atoms with Crippen molar-refractivity contribution in [3.63, 3.8) is 0 Å². The first-order valence-electron chi connectivity index (χ1n) is 7.12. The van der Waals surface area contributed by atoms with Gasteiger partial charge in [-0.3, -0.25) is 0 Å². The molecule has 1 fully saturated rings. The molecule has 0 radical (unpaired) electrons. The van der Waals surface area contributed by atoms with Gasteiger partial charge in [-0.15, -0.1) is 0 Å². The van der Waals surface area contributed by atoms with Gasteiger partial charge in [0.2, 0.25) is 5.88 Å². The highest BCUT2D eigenvalue weighted by molar-refractivity contribution is 6.33. The molecule has 4 heteroatoms. The predicted octanol–water partition coefficient (Wildman–Crippen LogP) is 4.80. The summed E-state index contributed by atoms with van der Waals surface area (Å²) in [6, 6.07) is 7.72. The number of benzene rings is 1. The molecule has 0 saturated heterocycles. The van der Waals surface area contributed by atoms with E-state index < -0.39 is 0 Å². The van der Waals surface area contributed by atoms with E-state index in [2.05, 4.69) is 12.1 Å². The number of nitrogens with two attached hydrogens (primary N) is 1. The van der Waals surface area contributed by atoms with Crippen LogP contribution in [0.4, 0.5) is 5.88 Å². The van der Waals surface area contributed by atoms with Crippen LogP contribution in [-0.4, -0.2) is 5.16 Å². The van der Waals surface area contributed by atoms with E-state index in [1.807, 2.05) is 24.3 Å². The Kier molecular flexibility index (Phi) is 3.47. The molecule has 0 bridgehead atoms. The van der Waals surface area contributed by atoms with E-state index in [0.717, 1.165) is 29.7 Å². The number of rotatable bonds is 2. The number of aromatic nitrogens is 1. The smallest absolute Gasteiger partial charge is 0.230 e. The van der Waals surface area contributed by atoms with Gasteiger partial charge in [0.1, 0.15) is 0 Å². The normalized spacial score (nSPS) is 18.1. The molecule has 20 heavy (non-hydrogen) atoms. The quantitative estimate of drug-likeness (QED) is 0.864. The Morgan fingerprint density at radius 2 is 1.90 bits per heavy atom. The molecule has 1 aromatic carbocycles. The Morgan fingerprint density at radius 3 is 2.60 bits per heavy atom. The lowest BCUT2D eigenvalue weighted by molar-refractivity contribution is 0.295. The Labute approximate surface area is 124 Å². The fourth-order valence-electron chi connectivity index (χ4n) is 3.21. The summed E-state index contributed by atoms with van der Waals surface area (Å²) in [5.74, 6) is 0.361. The van der Waals surface area contributed by atoms with Crippen molar-refractivity contribution in [2.24, 2.45) is 0 Å². The summed E-state index contributed by atoms with van der Waals surface area (Å²) in [4.78, 5) is 0. The van der Waals surface area contributed by atoms with Crippen LogP contribution in [0.15, 0.2) is 28.8 Å². The minimum atomic E-state index is 0.0356. The van der Waals surface area contributed by atoms with Crippen LogP contribution in [0.2, 0.25) is 5.02 Å². The molecule has 3 nitrogen and oxygen atoms in total. The third-order valence-corrected chi connectivity index (χ3v) is 4.72. The lowest BCUT2D eigenvalue weighted by Crippen LogP contribution is -2.26. The second kappa shape index (κ2) is 5.13. The van der Waals surface area contributed by atoms with Crippen LogP contribution in [0.25, 0.3) is 11.1 Å². The first-order valence-corrected chi connectivity index (χ1v) is 7.50. The Morgan fingerprint density at radius 1 is 1.20 bits per heavy atom. The van der Waals surface area contributed by atoms with E-state index in [1.54, 1.807) is 0 Å². The summed E-state index contributed by atoms with van der Waals surface area (Å²) in [5.41, 5.74) is 8.80. The number of halogens is 1. The van der Waals surface area contributed by atoms with Gasteiger partial charge in [0.25, 0.3) is 0 Å². The first kappa shape index (κ1) is 13.5. The minimum absolute atomic E-state index is 0.0356. The van der Waals surface area contributed by atoms with Crippen LogP contribution in [0, 0.1) is 0 Å². The highest BCUT2D eigenvalue weighted by atomic mass is 35.5. The van der Waals surface area contributed by atoms with Gasteiger partial charge >= 0.3 is 0 Å². The van der Waals surface area contributed by atoms with Gasteiger partial charge in [-0.25, -0.2) is 0 Å². The highest BCUT2D eigenvalue weighted by Crippen LogP contribution is 2.45. The number of hydrogen-bond donors (Lipinski definition) is 1. The maximum atomic E-state index is 6.32. The summed E-state index contributed by atoms with van der Waals surface area (Å²) < 4.78 is 5.29. The SMILES string of the molecule is CC1(c2noc(N)c2-c2ccccc2Cl)CCCCC1. The third-order valence-electron chi connectivity index (χ3n) is 4.39. The van der Waals surface area contributed by atoms with Crippen molar-refractivity contribution in [3.05, 3.63) is 35.0 Å². The van der Waals surface area contributed by atoms with E-state index in [-0.39, 0.29) is 5.41 Å². The van der Waals surface area contributed by atoms with Crippen LogP contribution in [0.3, 0.4) is 0 Å². The van der Waals surface area contributed by atoms with Gasteiger partial charge in [0.15, 0.2) is 0 Å². The molecule has 0 aliphatic heterocycles. The standard InChI is InChI=1S/C16H19ClN2O/c1-16(9-5-2-6-10-16)14-13(15(18)20-19-14)11-7-3-4-8-12(11)17/h3-4,7-8H,2,5-6,9-10,18H2,1H3. The summed E-state index contributed by atoms with van der Waals surface area (Å²) in [5, 5.41) is 4.95. The lowest BCUT2D eigenvalue weighted by Gasteiger charge is -2.32. The van der Waals surface area contributed by atoms with Crippen molar-refractivity contribution < 1.29 is 4.52 Å². The summed E-state index contributed by atoms with van der Waals surface area (Å²) >= 11 is 6.32. The number of anilines is 1. The van der Waals surface area contributed by atoms with Gasteiger partial charge in [-0.2, -0.15) is 0 Å². The zero-order valence-corrected chi connectivity index (χ0v) is 12.4. The average Bonchev–Trinajstić information content (AvgIpc) is 2.83. The molecule has 1 heterocycles. The second-order valence-corrected chi connectivity index (χ2v) is 6.28. The maximum absolute atomic E-state index is 6.32. The van der Waals surface area contributed by atoms with Gasteiger partial charge in [-0.05, 0) is 18.9 Å². The zero-order valence-electron chi connectivity index (χ0n) is 11.7. The summed E-state index contributed by atoms with van der Waals surface area (Å²) in [7, 11) is 0. The fraction of sp³-hybridized carbons (Fsp3) is 0.438. The molecule has 0 spiro atoms. The number of nitrogen functional groups attached to an aromatic ring is 1. The minimum Gasteiger partial charge on any atom is -0.367 e. The molecule has 2 aromatic rings. The lowest BCUT2D eigenvalue weighted by atomic mass is 9.72. The molecular formula is C16H19ClN2O. The van der Waals surface area contributed by atoms with Crippen molar-refractivity contribution in [2.75, 3.05) is 5.73 Å².